The number of aryl methyl sites for hydroxylation is 1. The number of rotatable bonds is 3. The first-order valence-electron chi connectivity index (χ1n) is 6.88. The summed E-state index contributed by atoms with van der Waals surface area (Å²) in [6.45, 7) is 6.10. The number of anilines is 2. The van der Waals surface area contributed by atoms with E-state index in [2.05, 4.69) is 22.2 Å². The molecule has 6 heteroatoms. The van der Waals surface area contributed by atoms with E-state index in [0.717, 1.165) is 22.9 Å². The van der Waals surface area contributed by atoms with Crippen molar-refractivity contribution in [3.8, 4) is 5.75 Å². The number of halogens is 1. The van der Waals surface area contributed by atoms with Crippen molar-refractivity contribution in [2.24, 2.45) is 12.0 Å². The number of fused-ring (bicyclic) bond motifs is 1. The Morgan fingerprint density at radius 3 is 3.05 bits per heavy atom. The maximum atomic E-state index is 6.05. The van der Waals surface area contributed by atoms with Crippen LogP contribution >= 0.6 is 11.6 Å². The lowest BCUT2D eigenvalue weighted by atomic mass is 10.2. The van der Waals surface area contributed by atoms with E-state index in [9.17, 15) is 0 Å². The second-order valence-corrected chi connectivity index (χ2v) is 5.54. The van der Waals surface area contributed by atoms with E-state index in [0.29, 0.717) is 23.2 Å². The molecule has 0 radical (unpaired) electrons. The van der Waals surface area contributed by atoms with E-state index in [1.54, 1.807) is 13.0 Å². The Kier molecular flexibility index (Phi) is 3.81. The summed E-state index contributed by atoms with van der Waals surface area (Å²) in [5.74, 6) is 2.00. The summed E-state index contributed by atoms with van der Waals surface area (Å²) in [7, 11) is 1.98. The molecule has 3 rings (SSSR count). The van der Waals surface area contributed by atoms with Crippen LogP contribution in [0.1, 0.15) is 12.6 Å². The number of amidine groups is 1. The first-order chi connectivity index (χ1) is 10.5. The normalized spacial score (nSPS) is 13.0. The molecule has 0 saturated carbocycles. The third kappa shape index (κ3) is 2.80. The topological polar surface area (TPSA) is 50.6 Å². The monoisotopic (exact) mass is 316 g/mol. The number of aliphatic imine (C=N–C) groups is 1. The minimum atomic E-state index is 0.531. The highest BCUT2D eigenvalue weighted by atomic mass is 35.5. The number of hydrogen-bond acceptors (Lipinski definition) is 4. The standard InChI is InChI=1S/C16H17ClN4O/c1-10(2)22-14-8-11(17)4-5-12(14)20-16-15-13(18-9-19-16)6-7-21(15)3/h4-8,18H,1,9H2,2-3H3,(H,19,20). The van der Waals surface area contributed by atoms with Crippen molar-refractivity contribution < 1.29 is 4.74 Å². The van der Waals surface area contributed by atoms with Gasteiger partial charge in [0.05, 0.1) is 17.1 Å². The van der Waals surface area contributed by atoms with Crippen LogP contribution in [0.15, 0.2) is 47.8 Å². The molecule has 0 atom stereocenters. The quantitative estimate of drug-likeness (QED) is 0.846. The van der Waals surface area contributed by atoms with Crippen molar-refractivity contribution in [2.75, 3.05) is 17.3 Å². The maximum absolute atomic E-state index is 6.05. The lowest BCUT2D eigenvalue weighted by Crippen LogP contribution is -2.24. The molecule has 2 heterocycles. The summed E-state index contributed by atoms with van der Waals surface area (Å²) in [6.07, 6.45) is 1.99. The Balaban J connectivity index is 1.95. The average molecular weight is 317 g/mol. The molecule has 0 spiro atoms. The third-order valence-corrected chi connectivity index (χ3v) is 3.52. The molecule has 114 valence electrons. The molecule has 0 saturated heterocycles. The molecule has 2 aromatic rings. The zero-order valence-corrected chi connectivity index (χ0v) is 13.2. The average Bonchev–Trinajstić information content (AvgIpc) is 2.84. The van der Waals surface area contributed by atoms with Gasteiger partial charge in [0.1, 0.15) is 12.4 Å². The first-order valence-corrected chi connectivity index (χ1v) is 7.26. The minimum absolute atomic E-state index is 0.531. The Hall–Kier alpha value is -2.40. The molecule has 1 aliphatic heterocycles. The molecule has 1 aromatic heterocycles. The summed E-state index contributed by atoms with van der Waals surface area (Å²) in [6, 6.07) is 7.46. The number of ether oxygens (including phenoxy) is 1. The molecule has 2 N–H and O–H groups in total. The van der Waals surface area contributed by atoms with Crippen LogP contribution in [-0.2, 0) is 7.05 Å². The largest absolute Gasteiger partial charge is 0.460 e. The lowest BCUT2D eigenvalue weighted by Gasteiger charge is -2.20. The van der Waals surface area contributed by atoms with E-state index in [1.807, 2.05) is 36.0 Å². The van der Waals surface area contributed by atoms with Crippen molar-refractivity contribution >= 4 is 28.8 Å². The summed E-state index contributed by atoms with van der Waals surface area (Å²) < 4.78 is 7.66. The van der Waals surface area contributed by atoms with Crippen LogP contribution in [0, 0.1) is 0 Å². The predicted molar refractivity (Wildman–Crippen MR) is 91.0 cm³/mol. The minimum Gasteiger partial charge on any atom is -0.460 e. The van der Waals surface area contributed by atoms with Crippen LogP contribution < -0.4 is 15.4 Å². The number of benzene rings is 1. The zero-order valence-electron chi connectivity index (χ0n) is 12.5. The van der Waals surface area contributed by atoms with Crippen molar-refractivity contribution in [1.29, 1.82) is 0 Å². The number of aromatic nitrogens is 1. The molecule has 0 amide bonds. The third-order valence-electron chi connectivity index (χ3n) is 3.28. The highest BCUT2D eigenvalue weighted by Crippen LogP contribution is 2.31. The molecule has 0 bridgehead atoms. The van der Waals surface area contributed by atoms with Gasteiger partial charge in [-0.15, -0.1) is 0 Å². The fraction of sp³-hybridized carbons (Fsp3) is 0.188. The first kappa shape index (κ1) is 14.5. The fourth-order valence-electron chi connectivity index (χ4n) is 2.34. The smallest absolute Gasteiger partial charge is 0.153 e. The molecular formula is C16H17ClN4O. The Morgan fingerprint density at radius 2 is 2.27 bits per heavy atom. The summed E-state index contributed by atoms with van der Waals surface area (Å²) in [4.78, 5) is 4.50. The lowest BCUT2D eigenvalue weighted by molar-refractivity contribution is 0.432. The highest BCUT2D eigenvalue weighted by molar-refractivity contribution is 6.30. The molecule has 0 unspecified atom stereocenters. The van der Waals surface area contributed by atoms with Gasteiger partial charge in [-0.25, -0.2) is 4.99 Å². The second-order valence-electron chi connectivity index (χ2n) is 5.10. The van der Waals surface area contributed by atoms with Gasteiger partial charge in [0.2, 0.25) is 0 Å². The van der Waals surface area contributed by atoms with Crippen molar-refractivity contribution in [1.82, 2.24) is 4.57 Å². The van der Waals surface area contributed by atoms with Gasteiger partial charge < -0.3 is 19.9 Å². The number of nitrogens with zero attached hydrogens (tertiary/aromatic N) is 2. The summed E-state index contributed by atoms with van der Waals surface area (Å²) in [5, 5.41) is 7.18. The molecule has 0 fully saturated rings. The van der Waals surface area contributed by atoms with Crippen molar-refractivity contribution in [2.45, 2.75) is 6.92 Å². The van der Waals surface area contributed by atoms with Gasteiger partial charge in [0.15, 0.2) is 11.6 Å². The number of nitrogens with one attached hydrogen (secondary N) is 2. The van der Waals surface area contributed by atoms with Gasteiger partial charge in [0.25, 0.3) is 0 Å². The van der Waals surface area contributed by atoms with E-state index in [1.165, 1.54) is 0 Å². The van der Waals surface area contributed by atoms with Gasteiger partial charge in [-0.05, 0) is 25.1 Å². The second kappa shape index (κ2) is 5.77. The van der Waals surface area contributed by atoms with Crippen molar-refractivity contribution in [3.63, 3.8) is 0 Å². The SMILES string of the molecule is C=C(C)Oc1cc(Cl)ccc1NC1=NCNc2ccn(C)c21. The van der Waals surface area contributed by atoms with E-state index in [-0.39, 0.29) is 0 Å². The van der Waals surface area contributed by atoms with Crippen molar-refractivity contribution in [3.05, 3.63) is 53.5 Å². The van der Waals surface area contributed by atoms with Gasteiger partial charge in [-0.2, -0.15) is 0 Å². The van der Waals surface area contributed by atoms with E-state index < -0.39 is 0 Å². The molecule has 22 heavy (non-hydrogen) atoms. The number of hydrogen-bond donors (Lipinski definition) is 2. The summed E-state index contributed by atoms with van der Waals surface area (Å²) >= 11 is 6.05. The summed E-state index contributed by atoms with van der Waals surface area (Å²) in [5.41, 5.74) is 2.85. The molecular weight excluding hydrogens is 300 g/mol. The predicted octanol–water partition coefficient (Wildman–Crippen LogP) is 3.83. The molecule has 1 aromatic carbocycles. The Labute approximate surface area is 134 Å². The van der Waals surface area contributed by atoms with Crippen LogP contribution in [0.2, 0.25) is 5.02 Å². The van der Waals surface area contributed by atoms with Crippen LogP contribution in [0.3, 0.4) is 0 Å². The molecule has 1 aliphatic rings. The van der Waals surface area contributed by atoms with Crippen LogP contribution in [0.5, 0.6) is 5.75 Å². The van der Waals surface area contributed by atoms with E-state index >= 15 is 0 Å². The Morgan fingerprint density at radius 1 is 1.45 bits per heavy atom. The molecule has 5 nitrogen and oxygen atoms in total. The number of allylic oxidation sites excluding steroid dienone is 1. The van der Waals surface area contributed by atoms with Gasteiger partial charge >= 0.3 is 0 Å². The van der Waals surface area contributed by atoms with Crippen LogP contribution in [0.25, 0.3) is 0 Å². The highest BCUT2D eigenvalue weighted by Gasteiger charge is 2.18. The van der Waals surface area contributed by atoms with Crippen LogP contribution in [0.4, 0.5) is 11.4 Å². The fourth-order valence-corrected chi connectivity index (χ4v) is 2.51. The molecule has 0 aliphatic carbocycles. The van der Waals surface area contributed by atoms with Crippen LogP contribution in [-0.4, -0.2) is 17.1 Å². The van der Waals surface area contributed by atoms with E-state index in [4.69, 9.17) is 16.3 Å². The Bertz CT molecular complexity index is 764. The maximum Gasteiger partial charge on any atom is 0.153 e. The van der Waals surface area contributed by atoms with Gasteiger partial charge in [-0.1, -0.05) is 18.2 Å². The van der Waals surface area contributed by atoms with Gasteiger partial charge in [-0.3, -0.25) is 0 Å². The zero-order chi connectivity index (χ0) is 15.7. The van der Waals surface area contributed by atoms with Gasteiger partial charge in [0, 0.05) is 24.3 Å².